The first kappa shape index (κ1) is 14.5. The van der Waals surface area contributed by atoms with E-state index in [0.717, 1.165) is 6.54 Å². The van der Waals surface area contributed by atoms with Crippen LogP contribution in [-0.2, 0) is 6.54 Å². The third-order valence-corrected chi connectivity index (χ3v) is 2.96. The predicted molar refractivity (Wildman–Crippen MR) is 76.5 cm³/mol. The van der Waals surface area contributed by atoms with E-state index in [1.807, 2.05) is 27.0 Å². The topological polar surface area (TPSA) is 39.1 Å². The zero-order valence-electron chi connectivity index (χ0n) is 12.1. The third-order valence-electron chi connectivity index (χ3n) is 2.96. The van der Waals surface area contributed by atoms with Gasteiger partial charge in [0.15, 0.2) is 5.75 Å². The third kappa shape index (κ3) is 3.36. The fraction of sp³-hybridized carbons (Fsp3) is 0.400. The van der Waals surface area contributed by atoms with Crippen LogP contribution in [0.15, 0.2) is 30.6 Å². The maximum Gasteiger partial charge on any atom is 0.165 e. The first-order valence-electron chi connectivity index (χ1n) is 6.82. The molecule has 20 heavy (non-hydrogen) atoms. The van der Waals surface area contributed by atoms with Crippen molar-refractivity contribution in [2.24, 2.45) is 0 Å². The van der Waals surface area contributed by atoms with E-state index in [2.05, 4.69) is 10.4 Å². The Hall–Kier alpha value is -1.88. The molecule has 0 aliphatic heterocycles. The van der Waals surface area contributed by atoms with Gasteiger partial charge in [0.25, 0.3) is 0 Å². The van der Waals surface area contributed by atoms with Crippen molar-refractivity contribution in [2.75, 3.05) is 6.54 Å². The van der Waals surface area contributed by atoms with Crippen molar-refractivity contribution in [3.63, 3.8) is 0 Å². The predicted octanol–water partition coefficient (Wildman–Crippen LogP) is 3.50. The first-order valence-corrected chi connectivity index (χ1v) is 6.82. The van der Waals surface area contributed by atoms with Gasteiger partial charge in [0, 0.05) is 18.2 Å². The molecule has 0 amide bonds. The number of halogens is 1. The molecule has 0 atom stereocenters. The number of rotatable bonds is 6. The molecular weight excluding hydrogens is 257 g/mol. The molecule has 108 valence electrons. The Morgan fingerprint density at radius 2 is 2.20 bits per heavy atom. The quantitative estimate of drug-likeness (QED) is 0.878. The number of hydrogen-bond acceptors (Lipinski definition) is 3. The molecule has 1 heterocycles. The van der Waals surface area contributed by atoms with Gasteiger partial charge in [-0.2, -0.15) is 5.10 Å². The summed E-state index contributed by atoms with van der Waals surface area (Å²) in [7, 11) is 0. The summed E-state index contributed by atoms with van der Waals surface area (Å²) in [5.74, 6) is 0.871. The van der Waals surface area contributed by atoms with Crippen LogP contribution < -0.4 is 10.1 Å². The number of benzene rings is 1. The minimum Gasteiger partial charge on any atom is -0.454 e. The van der Waals surface area contributed by atoms with Gasteiger partial charge in [-0.15, -0.1) is 0 Å². The Labute approximate surface area is 118 Å². The van der Waals surface area contributed by atoms with Crippen LogP contribution in [0.1, 0.15) is 32.4 Å². The molecule has 0 fully saturated rings. The van der Waals surface area contributed by atoms with Crippen molar-refractivity contribution in [3.05, 3.63) is 42.0 Å². The lowest BCUT2D eigenvalue weighted by atomic mass is 10.2. The average Bonchev–Trinajstić information content (AvgIpc) is 2.87. The van der Waals surface area contributed by atoms with Crippen LogP contribution in [0.5, 0.6) is 11.5 Å². The van der Waals surface area contributed by atoms with Gasteiger partial charge in [-0.25, -0.2) is 4.39 Å². The lowest BCUT2D eigenvalue weighted by molar-refractivity contribution is 0.459. The smallest absolute Gasteiger partial charge is 0.165 e. The monoisotopic (exact) mass is 277 g/mol. The normalized spacial score (nSPS) is 11.1. The van der Waals surface area contributed by atoms with Gasteiger partial charge in [-0.3, -0.25) is 4.68 Å². The van der Waals surface area contributed by atoms with Crippen molar-refractivity contribution < 1.29 is 9.13 Å². The van der Waals surface area contributed by atoms with Gasteiger partial charge in [0.1, 0.15) is 11.6 Å². The lowest BCUT2D eigenvalue weighted by Crippen LogP contribution is -2.13. The fourth-order valence-corrected chi connectivity index (χ4v) is 1.84. The number of ether oxygens (including phenoxy) is 1. The van der Waals surface area contributed by atoms with Crippen LogP contribution >= 0.6 is 0 Å². The molecular formula is C15H20FN3O. The van der Waals surface area contributed by atoms with Gasteiger partial charge in [0.2, 0.25) is 0 Å². The molecule has 1 aromatic carbocycles. The standard InChI is InChI=1S/C15H20FN3O/c1-4-17-9-13-14(16)6-5-7-15(13)20-12-8-18-19(10-12)11(2)3/h5-8,10-11,17H,4,9H2,1-3H3. The van der Waals surface area contributed by atoms with Crippen molar-refractivity contribution in [2.45, 2.75) is 33.4 Å². The largest absolute Gasteiger partial charge is 0.454 e. The van der Waals surface area contributed by atoms with E-state index in [1.54, 1.807) is 23.0 Å². The second-order valence-electron chi connectivity index (χ2n) is 4.85. The number of hydrogen-bond donors (Lipinski definition) is 1. The molecule has 2 rings (SSSR count). The molecule has 0 saturated carbocycles. The Morgan fingerprint density at radius 3 is 2.85 bits per heavy atom. The van der Waals surface area contributed by atoms with Gasteiger partial charge in [-0.05, 0) is 32.5 Å². The van der Waals surface area contributed by atoms with Crippen LogP contribution in [0.2, 0.25) is 0 Å². The van der Waals surface area contributed by atoms with Crippen molar-refractivity contribution in [3.8, 4) is 11.5 Å². The van der Waals surface area contributed by atoms with E-state index in [1.165, 1.54) is 6.07 Å². The molecule has 0 bridgehead atoms. The summed E-state index contributed by atoms with van der Waals surface area (Å²) in [6.45, 7) is 7.27. The van der Waals surface area contributed by atoms with Crippen LogP contribution in [0.3, 0.4) is 0 Å². The highest BCUT2D eigenvalue weighted by atomic mass is 19.1. The molecule has 0 radical (unpaired) electrons. The Bertz CT molecular complexity index is 566. The summed E-state index contributed by atoms with van der Waals surface area (Å²) < 4.78 is 21.4. The van der Waals surface area contributed by atoms with Gasteiger partial charge >= 0.3 is 0 Å². The Morgan fingerprint density at radius 1 is 1.40 bits per heavy atom. The van der Waals surface area contributed by atoms with Crippen molar-refractivity contribution >= 4 is 0 Å². The molecule has 5 heteroatoms. The summed E-state index contributed by atoms with van der Waals surface area (Å²) in [5, 5.41) is 7.32. The van der Waals surface area contributed by atoms with E-state index in [0.29, 0.717) is 23.6 Å². The van der Waals surface area contributed by atoms with E-state index < -0.39 is 0 Å². The molecule has 0 aliphatic rings. The molecule has 0 unspecified atom stereocenters. The second kappa shape index (κ2) is 6.52. The van der Waals surface area contributed by atoms with Crippen LogP contribution in [-0.4, -0.2) is 16.3 Å². The minimum absolute atomic E-state index is 0.264. The average molecular weight is 277 g/mol. The van der Waals surface area contributed by atoms with Gasteiger partial charge in [0.05, 0.1) is 12.4 Å². The maximum absolute atomic E-state index is 13.9. The summed E-state index contributed by atoms with van der Waals surface area (Å²) in [6.07, 6.45) is 3.45. The molecule has 0 aliphatic carbocycles. The Kier molecular flexibility index (Phi) is 4.74. The number of nitrogens with one attached hydrogen (secondary N) is 1. The van der Waals surface area contributed by atoms with E-state index in [9.17, 15) is 4.39 Å². The summed E-state index contributed by atoms with van der Waals surface area (Å²) >= 11 is 0. The zero-order valence-corrected chi connectivity index (χ0v) is 12.1. The molecule has 1 N–H and O–H groups in total. The molecule has 2 aromatic rings. The van der Waals surface area contributed by atoms with Crippen LogP contribution in [0.25, 0.3) is 0 Å². The summed E-state index contributed by atoms with van der Waals surface area (Å²) in [5.41, 5.74) is 0.534. The van der Waals surface area contributed by atoms with Crippen molar-refractivity contribution in [1.29, 1.82) is 0 Å². The van der Waals surface area contributed by atoms with E-state index >= 15 is 0 Å². The molecule has 0 saturated heterocycles. The van der Waals surface area contributed by atoms with Crippen molar-refractivity contribution in [1.82, 2.24) is 15.1 Å². The van der Waals surface area contributed by atoms with E-state index in [4.69, 9.17) is 4.74 Å². The summed E-state index contributed by atoms with van der Waals surface area (Å²) in [6, 6.07) is 5.12. The van der Waals surface area contributed by atoms with E-state index in [-0.39, 0.29) is 11.9 Å². The summed E-state index contributed by atoms with van der Waals surface area (Å²) in [4.78, 5) is 0. The molecule has 1 aromatic heterocycles. The SMILES string of the molecule is CCNCc1c(F)cccc1Oc1cnn(C(C)C)c1. The van der Waals surface area contributed by atoms with Crippen LogP contribution in [0.4, 0.5) is 4.39 Å². The lowest BCUT2D eigenvalue weighted by Gasteiger charge is -2.11. The second-order valence-corrected chi connectivity index (χ2v) is 4.85. The van der Waals surface area contributed by atoms with Crippen LogP contribution in [0, 0.1) is 5.82 Å². The first-order chi connectivity index (χ1) is 9.61. The molecule has 0 spiro atoms. The Balaban J connectivity index is 2.21. The minimum atomic E-state index is -0.264. The highest BCUT2D eigenvalue weighted by molar-refractivity contribution is 5.37. The maximum atomic E-state index is 13.9. The van der Waals surface area contributed by atoms with Gasteiger partial charge in [-0.1, -0.05) is 13.0 Å². The number of nitrogens with zero attached hydrogens (tertiary/aromatic N) is 2. The fourth-order valence-electron chi connectivity index (χ4n) is 1.84. The molecule has 4 nitrogen and oxygen atoms in total. The van der Waals surface area contributed by atoms with Gasteiger partial charge < -0.3 is 10.1 Å². The zero-order chi connectivity index (χ0) is 14.5. The number of aromatic nitrogens is 2. The highest BCUT2D eigenvalue weighted by Crippen LogP contribution is 2.27. The highest BCUT2D eigenvalue weighted by Gasteiger charge is 2.11.